The van der Waals surface area contributed by atoms with Crippen molar-refractivity contribution in [3.05, 3.63) is 40.2 Å². The summed E-state index contributed by atoms with van der Waals surface area (Å²) in [7, 11) is 0. The monoisotopic (exact) mass is 473 g/mol. The van der Waals surface area contributed by atoms with E-state index in [-0.39, 0.29) is 17.1 Å². The van der Waals surface area contributed by atoms with Crippen molar-refractivity contribution in [2.45, 2.75) is 24.7 Å². The Bertz CT molecular complexity index is 1080. The Morgan fingerprint density at radius 3 is 2.12 bits per heavy atom. The molecule has 15 heteroatoms. The number of amides is 1. The van der Waals surface area contributed by atoms with Crippen LogP contribution in [0.2, 0.25) is 0 Å². The number of ether oxygens (including phenoxy) is 2. The van der Waals surface area contributed by atoms with E-state index in [4.69, 9.17) is 0 Å². The molecular weight excluding hydrogens is 462 g/mol. The van der Waals surface area contributed by atoms with Gasteiger partial charge in [-0.3, -0.25) is 9.59 Å². The molecule has 1 N–H and O–H groups in total. The Kier molecular flexibility index (Phi) is 5.78. The maximum Gasteiger partial charge on any atom is 0.456 e. The molecule has 0 saturated heterocycles. The first-order valence-corrected chi connectivity index (χ1v) is 8.51. The summed E-state index contributed by atoms with van der Waals surface area (Å²) in [6.07, 6.45) is -11.0. The van der Waals surface area contributed by atoms with Gasteiger partial charge in [-0.05, 0) is 24.3 Å². The van der Waals surface area contributed by atoms with Gasteiger partial charge in [0.15, 0.2) is 13.2 Å². The Morgan fingerprint density at radius 2 is 1.56 bits per heavy atom. The largest absolute Gasteiger partial charge is 0.487 e. The minimum absolute atomic E-state index is 0.153. The van der Waals surface area contributed by atoms with Gasteiger partial charge in [-0.1, -0.05) is 0 Å². The van der Waals surface area contributed by atoms with Crippen LogP contribution >= 0.6 is 0 Å². The second-order valence-electron chi connectivity index (χ2n) is 6.48. The fraction of sp³-hybridized carbons (Fsp3) is 0.353. The van der Waals surface area contributed by atoms with Gasteiger partial charge in [0, 0.05) is 0 Å². The molecule has 2 aromatic rings. The Hall–Kier alpha value is -3.39. The third-order valence-electron chi connectivity index (χ3n) is 4.04. The number of hydrogen-bond donors (Lipinski definition) is 1. The van der Waals surface area contributed by atoms with E-state index in [1.807, 2.05) is 0 Å². The molecule has 1 aromatic heterocycles. The van der Waals surface area contributed by atoms with Crippen LogP contribution in [0.3, 0.4) is 0 Å². The molecule has 32 heavy (non-hydrogen) atoms. The molecule has 0 fully saturated rings. The molecule has 7 nitrogen and oxygen atoms in total. The van der Waals surface area contributed by atoms with E-state index in [1.165, 1.54) is 0 Å². The van der Waals surface area contributed by atoms with E-state index >= 15 is 0 Å². The zero-order chi connectivity index (χ0) is 23.9. The third kappa shape index (κ3) is 4.91. The minimum atomic E-state index is -5.83. The number of benzene rings is 1. The van der Waals surface area contributed by atoms with Crippen LogP contribution in [0.1, 0.15) is 5.56 Å². The predicted molar refractivity (Wildman–Crippen MR) is 90.2 cm³/mol. The van der Waals surface area contributed by atoms with Crippen molar-refractivity contribution >= 4 is 11.7 Å². The molecule has 1 amide bonds. The van der Waals surface area contributed by atoms with Gasteiger partial charge >= 0.3 is 24.3 Å². The van der Waals surface area contributed by atoms with Crippen molar-refractivity contribution in [2.75, 3.05) is 18.5 Å². The Balaban J connectivity index is 1.92. The van der Waals surface area contributed by atoms with Crippen LogP contribution in [-0.4, -0.2) is 46.9 Å². The average molecular weight is 473 g/mol. The highest BCUT2D eigenvalue weighted by Gasteiger charge is 2.58. The molecule has 0 atom stereocenters. The number of fused-ring (bicyclic) bond motifs is 1. The zero-order valence-electron chi connectivity index (χ0n) is 15.5. The van der Waals surface area contributed by atoms with E-state index in [9.17, 15) is 44.7 Å². The van der Waals surface area contributed by atoms with Gasteiger partial charge in [-0.15, -0.1) is 0 Å². The lowest BCUT2D eigenvalue weighted by Gasteiger charge is -2.20. The molecule has 0 bridgehead atoms. The van der Waals surface area contributed by atoms with Crippen molar-refractivity contribution in [3.63, 3.8) is 0 Å². The lowest BCUT2D eigenvalue weighted by Crippen LogP contribution is -2.41. The van der Waals surface area contributed by atoms with Gasteiger partial charge in [0.2, 0.25) is 5.91 Å². The number of alkyl halides is 8. The number of hydrogen-bond acceptors (Lipinski definition) is 5. The van der Waals surface area contributed by atoms with Crippen LogP contribution in [0.25, 0.3) is 5.69 Å². The lowest BCUT2D eigenvalue weighted by molar-refractivity contribution is -0.290. The van der Waals surface area contributed by atoms with Gasteiger partial charge < -0.3 is 14.8 Å². The standard InChI is InChI=1S/C17H11F8N3O4/c18-15(19,17(23,24)25)6-31-9-3-1-8(2-4-9)28-13(30)10-5-11(29)26-12(10)27-14(28)32-7-16(20,21)22/h1-4H,5-7H2,(H,26,29). The summed E-state index contributed by atoms with van der Waals surface area (Å²) in [5, 5.41) is 2.20. The van der Waals surface area contributed by atoms with Gasteiger partial charge in [-0.25, -0.2) is 4.57 Å². The second kappa shape index (κ2) is 7.94. The topological polar surface area (TPSA) is 82.4 Å². The highest BCUT2D eigenvalue weighted by atomic mass is 19.4. The average Bonchev–Trinajstić information content (AvgIpc) is 3.05. The van der Waals surface area contributed by atoms with Gasteiger partial charge in [0.05, 0.1) is 17.7 Å². The summed E-state index contributed by atoms with van der Waals surface area (Å²) in [6.45, 7) is -3.83. The summed E-state index contributed by atoms with van der Waals surface area (Å²) in [6, 6.07) is 3.00. The SMILES string of the molecule is O=C1Cc2c(nc(OCC(F)(F)F)n(-c3ccc(OCC(F)(F)C(F)(F)F)cc3)c2=O)N1. The number of anilines is 1. The Morgan fingerprint density at radius 1 is 0.938 bits per heavy atom. The summed E-state index contributed by atoms with van der Waals surface area (Å²) < 4.78 is 110. The van der Waals surface area contributed by atoms with Crippen molar-refractivity contribution < 1.29 is 49.4 Å². The van der Waals surface area contributed by atoms with Crippen LogP contribution < -0.4 is 20.3 Å². The maximum absolute atomic E-state index is 13.0. The van der Waals surface area contributed by atoms with Crippen LogP contribution in [0.5, 0.6) is 11.8 Å². The summed E-state index contributed by atoms with van der Waals surface area (Å²) >= 11 is 0. The molecule has 0 radical (unpaired) electrons. The summed E-state index contributed by atoms with van der Waals surface area (Å²) in [4.78, 5) is 28.0. The normalized spacial score (nSPS) is 14.2. The van der Waals surface area contributed by atoms with Gasteiger partial charge in [-0.2, -0.15) is 40.1 Å². The molecule has 3 rings (SSSR count). The van der Waals surface area contributed by atoms with Crippen molar-refractivity contribution in [2.24, 2.45) is 0 Å². The highest BCUT2D eigenvalue weighted by Crippen LogP contribution is 2.36. The van der Waals surface area contributed by atoms with Crippen LogP contribution in [0.15, 0.2) is 29.1 Å². The molecule has 2 heterocycles. The first-order valence-electron chi connectivity index (χ1n) is 8.51. The molecule has 0 aliphatic carbocycles. The number of rotatable bonds is 6. The number of carbonyl (C=O) groups excluding carboxylic acids is 1. The first-order chi connectivity index (χ1) is 14.7. The molecular formula is C17H11F8N3O4. The van der Waals surface area contributed by atoms with E-state index in [0.717, 1.165) is 24.3 Å². The molecule has 0 saturated carbocycles. The molecule has 1 aromatic carbocycles. The van der Waals surface area contributed by atoms with Crippen molar-refractivity contribution in [1.29, 1.82) is 0 Å². The zero-order valence-corrected chi connectivity index (χ0v) is 15.5. The van der Waals surface area contributed by atoms with E-state index in [2.05, 4.69) is 19.8 Å². The summed E-state index contributed by atoms with van der Waals surface area (Å²) in [5.74, 6) is -6.46. The lowest BCUT2D eigenvalue weighted by atomic mass is 10.2. The van der Waals surface area contributed by atoms with Crippen LogP contribution in [0, 0.1) is 0 Å². The molecule has 1 aliphatic rings. The number of carbonyl (C=O) groups is 1. The van der Waals surface area contributed by atoms with E-state index in [0.29, 0.717) is 4.57 Å². The number of halogens is 8. The number of nitrogens with one attached hydrogen (secondary N) is 1. The van der Waals surface area contributed by atoms with E-state index in [1.54, 1.807) is 0 Å². The molecule has 174 valence electrons. The fourth-order valence-electron chi connectivity index (χ4n) is 2.55. The second-order valence-corrected chi connectivity index (χ2v) is 6.48. The van der Waals surface area contributed by atoms with Gasteiger partial charge in [0.25, 0.3) is 5.56 Å². The maximum atomic E-state index is 13.0. The predicted octanol–water partition coefficient (Wildman–Crippen LogP) is 3.24. The summed E-state index contributed by atoms with van der Waals surface area (Å²) in [5.41, 5.74) is -1.26. The number of nitrogens with zero attached hydrogens (tertiary/aromatic N) is 2. The first kappa shape index (κ1) is 23.3. The number of aromatic nitrogens is 2. The van der Waals surface area contributed by atoms with Gasteiger partial charge in [0.1, 0.15) is 11.6 Å². The molecule has 1 aliphatic heterocycles. The van der Waals surface area contributed by atoms with Crippen LogP contribution in [0.4, 0.5) is 40.9 Å². The fourth-order valence-corrected chi connectivity index (χ4v) is 2.55. The third-order valence-corrected chi connectivity index (χ3v) is 4.04. The van der Waals surface area contributed by atoms with E-state index < -0.39 is 61.1 Å². The quantitative estimate of drug-likeness (QED) is 0.652. The van der Waals surface area contributed by atoms with Crippen LogP contribution in [-0.2, 0) is 11.2 Å². The molecule has 0 unspecified atom stereocenters. The smallest absolute Gasteiger partial charge is 0.456 e. The highest BCUT2D eigenvalue weighted by molar-refractivity contribution is 5.97. The van der Waals surface area contributed by atoms with Crippen molar-refractivity contribution in [1.82, 2.24) is 9.55 Å². The Labute approximate surface area is 172 Å². The van der Waals surface area contributed by atoms with Crippen molar-refractivity contribution in [3.8, 4) is 17.4 Å². The minimum Gasteiger partial charge on any atom is -0.487 e. The molecule has 0 spiro atoms.